The van der Waals surface area contributed by atoms with Gasteiger partial charge in [0.15, 0.2) is 11.5 Å². The summed E-state index contributed by atoms with van der Waals surface area (Å²) in [7, 11) is 0. The molecule has 0 aliphatic rings. The van der Waals surface area contributed by atoms with Gasteiger partial charge in [-0.1, -0.05) is 45.0 Å². The minimum absolute atomic E-state index is 0.150. The van der Waals surface area contributed by atoms with Crippen LogP contribution in [0.3, 0.4) is 0 Å². The molecule has 2 aromatic rings. The number of carboxylic acid groups (broad SMARTS) is 1. The maximum Gasteiger partial charge on any atom is 0.514 e. The monoisotopic (exact) mass is 601 g/mol. The SMILES string of the molecule is CCC(C)(C)OC(=O)Oc1ccc(C[C@](N)(C(=O)O)[C@H](C)[C@H](C)OC(=O)c2ccccc2)cc1OC(=O)OC(C)(C)CC. The summed E-state index contributed by atoms with van der Waals surface area (Å²) >= 11 is 0. The lowest BCUT2D eigenvalue weighted by Gasteiger charge is -2.35. The normalized spacial score (nSPS) is 14.4. The highest BCUT2D eigenvalue weighted by molar-refractivity contribution is 5.89. The number of aliphatic carboxylic acids is 1. The summed E-state index contributed by atoms with van der Waals surface area (Å²) in [6.07, 6.45) is -2.18. The molecule has 2 aromatic carbocycles. The van der Waals surface area contributed by atoms with Crippen LogP contribution < -0.4 is 15.2 Å². The molecule has 0 aliphatic carbocycles. The van der Waals surface area contributed by atoms with Gasteiger partial charge < -0.3 is 34.5 Å². The van der Waals surface area contributed by atoms with Crippen LogP contribution in [0.1, 0.15) is 84.2 Å². The Labute approximate surface area is 252 Å². The predicted octanol–water partition coefficient (Wildman–Crippen LogP) is 6.30. The molecule has 43 heavy (non-hydrogen) atoms. The van der Waals surface area contributed by atoms with Gasteiger partial charge in [-0.3, -0.25) is 4.79 Å². The smallest absolute Gasteiger partial charge is 0.480 e. The van der Waals surface area contributed by atoms with E-state index in [0.29, 0.717) is 24.0 Å². The van der Waals surface area contributed by atoms with E-state index >= 15 is 0 Å². The van der Waals surface area contributed by atoms with Crippen LogP contribution in [-0.2, 0) is 25.4 Å². The van der Waals surface area contributed by atoms with Gasteiger partial charge in [-0.25, -0.2) is 14.4 Å². The standard InChI is InChI=1S/C32H43NO10/c1-9-30(5,6)42-28(37)40-24-17-16-22(18-25(24)41-29(38)43-31(7,8)10-2)19-32(33,27(35)36)20(3)21(4)39-26(34)23-14-12-11-13-15-23/h11-18,20-21H,9-10,19,33H2,1-8H3,(H,35,36)/t20-,21+,32-/m1/s1. The van der Waals surface area contributed by atoms with Crippen molar-refractivity contribution in [1.29, 1.82) is 0 Å². The third kappa shape index (κ3) is 9.99. The number of carbonyl (C=O) groups excluding carboxylic acids is 3. The van der Waals surface area contributed by atoms with Crippen molar-refractivity contribution in [3.05, 3.63) is 59.7 Å². The van der Waals surface area contributed by atoms with E-state index in [2.05, 4.69) is 0 Å². The van der Waals surface area contributed by atoms with Crippen molar-refractivity contribution >= 4 is 24.2 Å². The average molecular weight is 602 g/mol. The van der Waals surface area contributed by atoms with Crippen LogP contribution >= 0.6 is 0 Å². The number of rotatable bonds is 13. The minimum Gasteiger partial charge on any atom is -0.480 e. The van der Waals surface area contributed by atoms with Crippen LogP contribution in [0.5, 0.6) is 11.5 Å². The summed E-state index contributed by atoms with van der Waals surface area (Å²) < 4.78 is 27.0. The molecule has 3 atom stereocenters. The van der Waals surface area contributed by atoms with E-state index in [1.807, 2.05) is 13.8 Å². The van der Waals surface area contributed by atoms with Gasteiger partial charge in [-0.15, -0.1) is 0 Å². The highest BCUT2D eigenvalue weighted by Gasteiger charge is 2.44. The zero-order chi connectivity index (χ0) is 32.6. The highest BCUT2D eigenvalue weighted by atomic mass is 16.8. The molecule has 0 bridgehead atoms. The van der Waals surface area contributed by atoms with Crippen molar-refractivity contribution < 1.29 is 48.0 Å². The molecule has 0 spiro atoms. The summed E-state index contributed by atoms with van der Waals surface area (Å²) in [6, 6.07) is 12.5. The number of hydrogen-bond donors (Lipinski definition) is 2. The number of nitrogens with two attached hydrogens (primary N) is 1. The van der Waals surface area contributed by atoms with E-state index in [1.165, 1.54) is 18.2 Å². The molecule has 236 valence electrons. The summed E-state index contributed by atoms with van der Waals surface area (Å²) in [5, 5.41) is 10.2. The van der Waals surface area contributed by atoms with E-state index in [-0.39, 0.29) is 17.9 Å². The largest absolute Gasteiger partial charge is 0.514 e. The quantitative estimate of drug-likeness (QED) is 0.151. The lowest BCUT2D eigenvalue weighted by atomic mass is 9.78. The zero-order valence-electron chi connectivity index (χ0n) is 26.1. The molecule has 0 amide bonds. The molecule has 11 nitrogen and oxygen atoms in total. The van der Waals surface area contributed by atoms with Crippen LogP contribution in [0, 0.1) is 5.92 Å². The molecule has 0 saturated heterocycles. The Kier molecular flexibility index (Phi) is 11.7. The molecule has 3 N–H and O–H groups in total. The van der Waals surface area contributed by atoms with Crippen molar-refractivity contribution in [3.63, 3.8) is 0 Å². The molecule has 0 radical (unpaired) electrons. The van der Waals surface area contributed by atoms with Crippen molar-refractivity contribution in [1.82, 2.24) is 0 Å². The van der Waals surface area contributed by atoms with E-state index in [0.717, 1.165) is 0 Å². The molecular formula is C32H43NO10. The van der Waals surface area contributed by atoms with Gasteiger partial charge in [0.1, 0.15) is 22.8 Å². The molecular weight excluding hydrogens is 558 g/mol. The number of esters is 1. The number of ether oxygens (including phenoxy) is 5. The summed E-state index contributed by atoms with van der Waals surface area (Å²) in [5.41, 5.74) is 3.56. The first-order valence-electron chi connectivity index (χ1n) is 14.2. The van der Waals surface area contributed by atoms with Crippen molar-refractivity contribution in [2.45, 2.75) is 97.5 Å². The first kappa shape index (κ1) is 35.1. The average Bonchev–Trinajstić information content (AvgIpc) is 2.93. The second-order valence-electron chi connectivity index (χ2n) is 11.7. The summed E-state index contributed by atoms with van der Waals surface area (Å²) in [6.45, 7) is 13.6. The van der Waals surface area contributed by atoms with Crippen LogP contribution in [0.2, 0.25) is 0 Å². The molecule has 2 rings (SSSR count). The van der Waals surface area contributed by atoms with Crippen molar-refractivity contribution in [2.75, 3.05) is 0 Å². The van der Waals surface area contributed by atoms with Gasteiger partial charge >= 0.3 is 24.2 Å². The summed E-state index contributed by atoms with van der Waals surface area (Å²) in [4.78, 5) is 50.2. The Hall–Kier alpha value is -4.12. The third-order valence-corrected chi connectivity index (χ3v) is 7.53. The number of hydrogen-bond acceptors (Lipinski definition) is 10. The minimum atomic E-state index is -1.91. The first-order valence-corrected chi connectivity index (χ1v) is 14.2. The molecule has 11 heteroatoms. The second-order valence-corrected chi connectivity index (χ2v) is 11.7. The van der Waals surface area contributed by atoms with E-state index in [1.54, 1.807) is 71.9 Å². The Morgan fingerprint density at radius 1 is 0.814 bits per heavy atom. The second kappa shape index (κ2) is 14.4. The van der Waals surface area contributed by atoms with E-state index in [4.69, 9.17) is 29.4 Å². The molecule has 0 aliphatic heterocycles. The maximum atomic E-state index is 12.6. The lowest BCUT2D eigenvalue weighted by molar-refractivity contribution is -0.147. The molecule has 0 saturated carbocycles. The molecule has 0 unspecified atom stereocenters. The van der Waals surface area contributed by atoms with Gasteiger partial charge in [0.25, 0.3) is 0 Å². The predicted molar refractivity (Wildman–Crippen MR) is 158 cm³/mol. The lowest BCUT2D eigenvalue weighted by Crippen LogP contribution is -2.58. The van der Waals surface area contributed by atoms with Gasteiger partial charge in [-0.2, -0.15) is 0 Å². The summed E-state index contributed by atoms with van der Waals surface area (Å²) in [5.74, 6) is -3.16. The Bertz CT molecular complexity index is 1290. The Balaban J connectivity index is 2.37. The third-order valence-electron chi connectivity index (χ3n) is 7.53. The van der Waals surface area contributed by atoms with Crippen molar-refractivity contribution in [3.8, 4) is 11.5 Å². The molecule has 0 aromatic heterocycles. The first-order chi connectivity index (χ1) is 19.9. The number of carbonyl (C=O) groups is 4. The van der Waals surface area contributed by atoms with Crippen LogP contribution in [-0.4, -0.2) is 52.2 Å². The van der Waals surface area contributed by atoms with E-state index in [9.17, 15) is 24.3 Å². The van der Waals surface area contributed by atoms with Gasteiger partial charge in [-0.05, 0) is 77.3 Å². The van der Waals surface area contributed by atoms with Crippen LogP contribution in [0.25, 0.3) is 0 Å². The Morgan fingerprint density at radius 2 is 1.33 bits per heavy atom. The van der Waals surface area contributed by atoms with Gasteiger partial charge in [0, 0.05) is 12.3 Å². The van der Waals surface area contributed by atoms with E-state index < -0.39 is 53.0 Å². The number of carboxylic acids is 1. The molecule has 0 heterocycles. The highest BCUT2D eigenvalue weighted by Crippen LogP contribution is 2.33. The topological polar surface area (TPSA) is 161 Å². The Morgan fingerprint density at radius 3 is 1.81 bits per heavy atom. The van der Waals surface area contributed by atoms with Gasteiger partial charge in [0.05, 0.1) is 5.56 Å². The van der Waals surface area contributed by atoms with Crippen LogP contribution in [0.4, 0.5) is 9.59 Å². The maximum absolute atomic E-state index is 12.6. The van der Waals surface area contributed by atoms with Gasteiger partial charge in [0.2, 0.25) is 0 Å². The fourth-order valence-corrected chi connectivity index (χ4v) is 3.74. The molecule has 0 fully saturated rings. The number of benzene rings is 2. The van der Waals surface area contributed by atoms with Crippen LogP contribution in [0.15, 0.2) is 48.5 Å². The zero-order valence-corrected chi connectivity index (χ0v) is 26.1. The fraction of sp³-hybridized carbons (Fsp3) is 0.500. The van der Waals surface area contributed by atoms with Crippen molar-refractivity contribution in [2.24, 2.45) is 11.7 Å². The fourth-order valence-electron chi connectivity index (χ4n) is 3.74.